The van der Waals surface area contributed by atoms with Gasteiger partial charge in [-0.1, -0.05) is 24.6 Å². The Kier molecular flexibility index (Phi) is 4.40. The van der Waals surface area contributed by atoms with Crippen molar-refractivity contribution in [1.29, 1.82) is 0 Å². The number of aromatic amines is 1. The molecule has 1 heterocycles. The monoisotopic (exact) mass is 273 g/mol. The van der Waals surface area contributed by atoms with Crippen molar-refractivity contribution in [3.8, 4) is 0 Å². The Morgan fingerprint density at radius 2 is 1.90 bits per heavy atom. The van der Waals surface area contributed by atoms with E-state index in [9.17, 15) is 9.59 Å². The molecule has 1 aromatic carbocycles. The van der Waals surface area contributed by atoms with Crippen molar-refractivity contribution in [2.24, 2.45) is 0 Å². The molecule has 2 rings (SSSR count). The van der Waals surface area contributed by atoms with Crippen LogP contribution in [0.3, 0.4) is 0 Å². The molecule has 0 aliphatic carbocycles. The van der Waals surface area contributed by atoms with E-state index in [-0.39, 0.29) is 11.2 Å². The van der Waals surface area contributed by atoms with Crippen molar-refractivity contribution < 1.29 is 0 Å². The van der Waals surface area contributed by atoms with Crippen molar-refractivity contribution in [2.45, 2.75) is 26.8 Å². The average Bonchev–Trinajstić information content (AvgIpc) is 2.43. The molecule has 2 N–H and O–H groups in total. The molecule has 0 radical (unpaired) electrons. The zero-order valence-electron chi connectivity index (χ0n) is 11.8. The summed E-state index contributed by atoms with van der Waals surface area (Å²) in [5.41, 5.74) is 2.20. The predicted molar refractivity (Wildman–Crippen MR) is 80.4 cm³/mol. The molecule has 0 saturated carbocycles. The molecule has 0 amide bonds. The maximum Gasteiger partial charge on any atom is 0.328 e. The van der Waals surface area contributed by atoms with E-state index in [4.69, 9.17) is 0 Å². The van der Waals surface area contributed by atoms with Gasteiger partial charge >= 0.3 is 5.69 Å². The van der Waals surface area contributed by atoms with Gasteiger partial charge in [0.1, 0.15) is 0 Å². The van der Waals surface area contributed by atoms with Crippen LogP contribution in [0.4, 0.5) is 5.69 Å². The van der Waals surface area contributed by atoms with Gasteiger partial charge in [0.25, 0.3) is 5.56 Å². The third kappa shape index (κ3) is 3.38. The highest BCUT2D eigenvalue weighted by molar-refractivity contribution is 5.44. The molecule has 0 aliphatic heterocycles. The lowest BCUT2D eigenvalue weighted by Crippen LogP contribution is -2.33. The SMILES string of the molecule is CCc1cn(CCNc2ccc(C)cc2)c(=O)[nH]c1=O. The normalized spacial score (nSPS) is 10.5. The number of nitrogens with one attached hydrogen (secondary N) is 2. The van der Waals surface area contributed by atoms with E-state index in [1.54, 1.807) is 6.20 Å². The van der Waals surface area contributed by atoms with E-state index >= 15 is 0 Å². The van der Waals surface area contributed by atoms with Gasteiger partial charge < -0.3 is 5.32 Å². The highest BCUT2D eigenvalue weighted by atomic mass is 16.2. The smallest absolute Gasteiger partial charge is 0.328 e. The summed E-state index contributed by atoms with van der Waals surface area (Å²) in [5.74, 6) is 0. The number of nitrogens with zero attached hydrogens (tertiary/aromatic N) is 1. The number of anilines is 1. The maximum absolute atomic E-state index is 11.7. The van der Waals surface area contributed by atoms with Gasteiger partial charge in [-0.05, 0) is 25.5 Å². The zero-order chi connectivity index (χ0) is 14.5. The Bertz CT molecular complexity index is 684. The van der Waals surface area contributed by atoms with Gasteiger partial charge in [0.05, 0.1) is 0 Å². The van der Waals surface area contributed by atoms with Gasteiger partial charge in [-0.2, -0.15) is 0 Å². The molecule has 0 unspecified atom stereocenters. The van der Waals surface area contributed by atoms with Crippen LogP contribution in [0.5, 0.6) is 0 Å². The number of hydrogen-bond donors (Lipinski definition) is 2. The molecule has 20 heavy (non-hydrogen) atoms. The molecule has 2 aromatic rings. The number of aromatic nitrogens is 2. The maximum atomic E-state index is 11.7. The lowest BCUT2D eigenvalue weighted by Gasteiger charge is -2.09. The Morgan fingerprint density at radius 1 is 1.20 bits per heavy atom. The first-order chi connectivity index (χ1) is 9.60. The van der Waals surface area contributed by atoms with Crippen molar-refractivity contribution in [1.82, 2.24) is 9.55 Å². The van der Waals surface area contributed by atoms with Crippen LogP contribution >= 0.6 is 0 Å². The van der Waals surface area contributed by atoms with Crippen LogP contribution in [0.1, 0.15) is 18.1 Å². The van der Waals surface area contributed by atoms with Gasteiger partial charge in [0.2, 0.25) is 0 Å². The quantitative estimate of drug-likeness (QED) is 0.868. The number of rotatable bonds is 5. The summed E-state index contributed by atoms with van der Waals surface area (Å²) in [6.07, 6.45) is 2.25. The zero-order valence-corrected chi connectivity index (χ0v) is 11.8. The molecular formula is C15H19N3O2. The summed E-state index contributed by atoms with van der Waals surface area (Å²) in [4.78, 5) is 25.5. The van der Waals surface area contributed by atoms with Crippen LogP contribution in [0.25, 0.3) is 0 Å². The van der Waals surface area contributed by atoms with Gasteiger partial charge in [0.15, 0.2) is 0 Å². The minimum absolute atomic E-state index is 0.291. The van der Waals surface area contributed by atoms with Crippen LogP contribution in [-0.2, 0) is 13.0 Å². The fourth-order valence-corrected chi connectivity index (χ4v) is 1.96. The van der Waals surface area contributed by atoms with Crippen molar-refractivity contribution >= 4 is 5.69 Å². The molecule has 0 bridgehead atoms. The summed E-state index contributed by atoms with van der Waals surface area (Å²) in [6, 6.07) is 8.07. The van der Waals surface area contributed by atoms with Crippen molar-refractivity contribution in [3.05, 3.63) is 62.4 Å². The first-order valence-corrected chi connectivity index (χ1v) is 6.73. The predicted octanol–water partition coefficient (Wildman–Crippen LogP) is 1.52. The Labute approximate surface area is 117 Å². The van der Waals surface area contributed by atoms with Crippen molar-refractivity contribution in [2.75, 3.05) is 11.9 Å². The summed E-state index contributed by atoms with van der Waals surface area (Å²) in [7, 11) is 0. The first-order valence-electron chi connectivity index (χ1n) is 6.73. The van der Waals surface area contributed by atoms with Crippen LogP contribution in [0.15, 0.2) is 40.1 Å². The van der Waals surface area contributed by atoms with E-state index < -0.39 is 0 Å². The highest BCUT2D eigenvalue weighted by Crippen LogP contribution is 2.07. The molecule has 0 aliphatic rings. The second-order valence-corrected chi connectivity index (χ2v) is 4.75. The third-order valence-electron chi connectivity index (χ3n) is 3.20. The molecular weight excluding hydrogens is 254 g/mol. The first kappa shape index (κ1) is 14.1. The van der Waals surface area contributed by atoms with E-state index in [1.807, 2.05) is 38.1 Å². The van der Waals surface area contributed by atoms with E-state index in [2.05, 4.69) is 10.3 Å². The summed E-state index contributed by atoms with van der Waals surface area (Å²) in [5, 5.41) is 3.25. The number of H-pyrrole nitrogens is 1. The lowest BCUT2D eigenvalue weighted by atomic mass is 10.2. The van der Waals surface area contributed by atoms with E-state index in [0.717, 1.165) is 5.69 Å². The number of hydrogen-bond acceptors (Lipinski definition) is 3. The van der Waals surface area contributed by atoms with E-state index in [1.165, 1.54) is 10.1 Å². The lowest BCUT2D eigenvalue weighted by molar-refractivity contribution is 0.660. The molecule has 5 heteroatoms. The highest BCUT2D eigenvalue weighted by Gasteiger charge is 2.02. The molecule has 0 saturated heterocycles. The Balaban J connectivity index is 2.02. The fourth-order valence-electron chi connectivity index (χ4n) is 1.96. The van der Waals surface area contributed by atoms with Crippen molar-refractivity contribution in [3.63, 3.8) is 0 Å². The summed E-state index contributed by atoms with van der Waals surface area (Å²) >= 11 is 0. The fraction of sp³-hybridized carbons (Fsp3) is 0.333. The van der Waals surface area contributed by atoms with Gasteiger partial charge in [0, 0.05) is 30.5 Å². The molecule has 5 nitrogen and oxygen atoms in total. The summed E-state index contributed by atoms with van der Waals surface area (Å²) < 4.78 is 1.53. The standard InChI is InChI=1S/C15H19N3O2/c1-3-12-10-18(15(20)17-14(12)19)9-8-16-13-6-4-11(2)5-7-13/h4-7,10,16H,3,8-9H2,1-2H3,(H,17,19,20). The van der Waals surface area contributed by atoms with Crippen LogP contribution in [0.2, 0.25) is 0 Å². The van der Waals surface area contributed by atoms with Gasteiger partial charge in [-0.3, -0.25) is 14.3 Å². The largest absolute Gasteiger partial charge is 0.383 e. The Hall–Kier alpha value is -2.30. The van der Waals surface area contributed by atoms with Gasteiger partial charge in [-0.15, -0.1) is 0 Å². The second-order valence-electron chi connectivity index (χ2n) is 4.75. The topological polar surface area (TPSA) is 66.9 Å². The molecule has 106 valence electrons. The van der Waals surface area contributed by atoms with Crippen LogP contribution < -0.4 is 16.6 Å². The molecule has 1 aromatic heterocycles. The number of benzene rings is 1. The Morgan fingerprint density at radius 3 is 2.55 bits per heavy atom. The minimum atomic E-state index is -0.363. The second kappa shape index (κ2) is 6.23. The summed E-state index contributed by atoms with van der Waals surface area (Å²) in [6.45, 7) is 5.06. The molecule has 0 spiro atoms. The third-order valence-corrected chi connectivity index (χ3v) is 3.20. The van der Waals surface area contributed by atoms with Gasteiger partial charge in [-0.25, -0.2) is 4.79 Å². The minimum Gasteiger partial charge on any atom is -0.383 e. The average molecular weight is 273 g/mol. The molecule has 0 fully saturated rings. The molecule has 0 atom stereocenters. The number of aryl methyl sites for hydroxylation is 2. The van der Waals surface area contributed by atoms with Crippen LogP contribution in [-0.4, -0.2) is 16.1 Å². The van der Waals surface area contributed by atoms with Crippen LogP contribution in [0, 0.1) is 6.92 Å². The van der Waals surface area contributed by atoms with E-state index in [0.29, 0.717) is 25.1 Å².